The van der Waals surface area contributed by atoms with Crippen LogP contribution in [0.25, 0.3) is 0 Å². The number of amides is 2. The van der Waals surface area contributed by atoms with Crippen LogP contribution in [0.15, 0.2) is 0 Å². The largest absolute Gasteiger partial charge is 0.342 e. The Kier molecular flexibility index (Phi) is 7.54. The number of carbonyl (C=O) groups excluding carboxylic acids is 2. The molecular formula is C12H25N3O2. The van der Waals surface area contributed by atoms with Crippen molar-refractivity contribution >= 4 is 11.8 Å². The maximum absolute atomic E-state index is 11.8. The first kappa shape index (κ1) is 15.9. The van der Waals surface area contributed by atoms with Crippen molar-refractivity contribution in [3.63, 3.8) is 0 Å². The second-order valence-electron chi connectivity index (χ2n) is 4.16. The first-order valence-electron chi connectivity index (χ1n) is 6.26. The normalized spacial score (nSPS) is 12.1. The van der Waals surface area contributed by atoms with E-state index in [4.69, 9.17) is 5.73 Å². The van der Waals surface area contributed by atoms with Gasteiger partial charge in [0.05, 0.1) is 12.6 Å². The highest BCUT2D eigenvalue weighted by atomic mass is 16.2. The van der Waals surface area contributed by atoms with Crippen molar-refractivity contribution in [2.45, 2.75) is 39.7 Å². The van der Waals surface area contributed by atoms with E-state index >= 15 is 0 Å². The van der Waals surface area contributed by atoms with Gasteiger partial charge in [-0.2, -0.15) is 0 Å². The van der Waals surface area contributed by atoms with Gasteiger partial charge in [0.15, 0.2) is 0 Å². The Bertz CT molecular complexity index is 252. The molecule has 100 valence electrons. The Balaban J connectivity index is 4.28. The summed E-state index contributed by atoms with van der Waals surface area (Å²) in [6.07, 6.45) is 1.52. The number of nitrogens with two attached hydrogens (primary N) is 1. The Morgan fingerprint density at radius 1 is 1.18 bits per heavy atom. The van der Waals surface area contributed by atoms with Crippen molar-refractivity contribution in [3.8, 4) is 0 Å². The van der Waals surface area contributed by atoms with Crippen LogP contribution in [0.4, 0.5) is 0 Å². The second kappa shape index (κ2) is 8.06. The molecular weight excluding hydrogens is 218 g/mol. The van der Waals surface area contributed by atoms with Crippen molar-refractivity contribution in [2.75, 3.05) is 26.7 Å². The third-order valence-electron chi connectivity index (χ3n) is 2.78. The molecule has 0 aliphatic rings. The fourth-order valence-electron chi connectivity index (χ4n) is 1.67. The molecule has 0 aliphatic heterocycles. The van der Waals surface area contributed by atoms with Gasteiger partial charge in [0.1, 0.15) is 0 Å². The molecule has 0 heterocycles. The maximum Gasteiger partial charge on any atom is 0.242 e. The van der Waals surface area contributed by atoms with Gasteiger partial charge >= 0.3 is 0 Å². The fourth-order valence-corrected chi connectivity index (χ4v) is 1.67. The second-order valence-corrected chi connectivity index (χ2v) is 4.16. The van der Waals surface area contributed by atoms with E-state index in [-0.39, 0.29) is 18.4 Å². The zero-order chi connectivity index (χ0) is 13.4. The minimum absolute atomic E-state index is 0.0328. The number of likely N-dealkylation sites (N-methyl/N-ethyl adjacent to an activating group) is 2. The molecule has 0 radical (unpaired) electrons. The maximum atomic E-state index is 11.8. The third-order valence-corrected chi connectivity index (χ3v) is 2.78. The van der Waals surface area contributed by atoms with Gasteiger partial charge in [-0.15, -0.1) is 0 Å². The van der Waals surface area contributed by atoms with Gasteiger partial charge < -0.3 is 15.5 Å². The van der Waals surface area contributed by atoms with Gasteiger partial charge in [-0.1, -0.05) is 13.3 Å². The van der Waals surface area contributed by atoms with Crippen LogP contribution in [-0.4, -0.2) is 54.3 Å². The van der Waals surface area contributed by atoms with Crippen LogP contribution in [0.1, 0.15) is 33.6 Å². The van der Waals surface area contributed by atoms with Crippen LogP contribution in [-0.2, 0) is 9.59 Å². The molecule has 1 atom stereocenters. The number of hydrogen-bond acceptors (Lipinski definition) is 3. The molecule has 5 heteroatoms. The molecule has 0 fully saturated rings. The average molecular weight is 243 g/mol. The fraction of sp³-hybridized carbons (Fsp3) is 0.833. The van der Waals surface area contributed by atoms with Crippen LogP contribution in [0.2, 0.25) is 0 Å². The lowest BCUT2D eigenvalue weighted by Crippen LogP contribution is -2.46. The minimum atomic E-state index is -0.491. The zero-order valence-electron chi connectivity index (χ0n) is 11.4. The predicted molar refractivity (Wildman–Crippen MR) is 68.4 cm³/mol. The molecule has 0 spiro atoms. The Labute approximate surface area is 104 Å². The summed E-state index contributed by atoms with van der Waals surface area (Å²) in [5, 5.41) is 0. The topological polar surface area (TPSA) is 66.6 Å². The van der Waals surface area contributed by atoms with Crippen LogP contribution in [0, 0.1) is 0 Å². The lowest BCUT2D eigenvalue weighted by atomic mass is 10.1. The molecule has 0 aromatic heterocycles. The first-order chi connectivity index (χ1) is 7.97. The molecule has 5 nitrogen and oxygen atoms in total. The van der Waals surface area contributed by atoms with E-state index in [0.717, 1.165) is 6.42 Å². The van der Waals surface area contributed by atoms with Crippen LogP contribution in [0.3, 0.4) is 0 Å². The molecule has 2 amide bonds. The van der Waals surface area contributed by atoms with Crippen LogP contribution >= 0.6 is 0 Å². The summed E-state index contributed by atoms with van der Waals surface area (Å²) < 4.78 is 0. The van der Waals surface area contributed by atoms with E-state index in [1.54, 1.807) is 11.9 Å². The lowest BCUT2D eigenvalue weighted by Gasteiger charge is -2.24. The van der Waals surface area contributed by atoms with E-state index in [9.17, 15) is 9.59 Å². The lowest BCUT2D eigenvalue weighted by molar-refractivity contribution is -0.139. The summed E-state index contributed by atoms with van der Waals surface area (Å²) in [5.41, 5.74) is 5.73. The molecule has 2 N–H and O–H groups in total. The molecule has 17 heavy (non-hydrogen) atoms. The van der Waals surface area contributed by atoms with Crippen molar-refractivity contribution in [1.82, 2.24) is 9.80 Å². The smallest absolute Gasteiger partial charge is 0.242 e. The van der Waals surface area contributed by atoms with Gasteiger partial charge in [0, 0.05) is 20.1 Å². The average Bonchev–Trinajstić information content (AvgIpc) is 2.29. The van der Waals surface area contributed by atoms with Gasteiger partial charge in [0.2, 0.25) is 11.8 Å². The molecule has 0 bridgehead atoms. The summed E-state index contributed by atoms with van der Waals surface area (Å²) in [5.74, 6) is -0.193. The number of rotatable bonds is 7. The number of carbonyl (C=O) groups is 2. The van der Waals surface area contributed by atoms with Gasteiger partial charge in [-0.25, -0.2) is 0 Å². The van der Waals surface area contributed by atoms with E-state index in [1.807, 2.05) is 20.8 Å². The molecule has 0 saturated heterocycles. The minimum Gasteiger partial charge on any atom is -0.342 e. The Morgan fingerprint density at radius 3 is 2.12 bits per heavy atom. The molecule has 0 rings (SSSR count). The van der Waals surface area contributed by atoms with Crippen molar-refractivity contribution in [1.29, 1.82) is 0 Å². The highest BCUT2D eigenvalue weighted by Crippen LogP contribution is 1.99. The van der Waals surface area contributed by atoms with Crippen molar-refractivity contribution < 1.29 is 9.59 Å². The Hall–Kier alpha value is -1.10. The summed E-state index contributed by atoms with van der Waals surface area (Å²) in [6.45, 7) is 7.26. The molecule has 0 aromatic carbocycles. The summed E-state index contributed by atoms with van der Waals surface area (Å²) in [4.78, 5) is 26.7. The van der Waals surface area contributed by atoms with Gasteiger partial charge in [0.25, 0.3) is 0 Å². The highest BCUT2D eigenvalue weighted by Gasteiger charge is 2.20. The predicted octanol–water partition coefficient (Wildman–Crippen LogP) is 0.441. The summed E-state index contributed by atoms with van der Waals surface area (Å²) in [7, 11) is 1.62. The summed E-state index contributed by atoms with van der Waals surface area (Å²) in [6, 6.07) is -0.491. The van der Waals surface area contributed by atoms with Crippen LogP contribution in [0.5, 0.6) is 0 Å². The molecule has 0 aliphatic carbocycles. The molecule has 0 saturated carbocycles. The van der Waals surface area contributed by atoms with E-state index < -0.39 is 6.04 Å². The molecule has 0 aromatic rings. The third kappa shape index (κ3) is 5.17. The standard InChI is InChI=1S/C12H25N3O2/c1-5-8-10(13)12(17)14(4)9-11(16)15(6-2)7-3/h10H,5-9,13H2,1-4H3/t10-/m1/s1. The highest BCUT2D eigenvalue weighted by molar-refractivity contribution is 5.87. The monoisotopic (exact) mass is 243 g/mol. The zero-order valence-corrected chi connectivity index (χ0v) is 11.4. The quantitative estimate of drug-likeness (QED) is 0.705. The number of hydrogen-bond donors (Lipinski definition) is 1. The number of nitrogens with zero attached hydrogens (tertiary/aromatic N) is 2. The first-order valence-corrected chi connectivity index (χ1v) is 6.26. The van der Waals surface area contributed by atoms with E-state index in [1.165, 1.54) is 4.90 Å². The SMILES string of the molecule is CCC[C@@H](N)C(=O)N(C)CC(=O)N(CC)CC. The van der Waals surface area contributed by atoms with Crippen LogP contribution < -0.4 is 5.73 Å². The van der Waals surface area contributed by atoms with Crippen molar-refractivity contribution in [3.05, 3.63) is 0 Å². The Morgan fingerprint density at radius 2 is 1.71 bits per heavy atom. The van der Waals surface area contributed by atoms with E-state index in [0.29, 0.717) is 19.5 Å². The van der Waals surface area contributed by atoms with Crippen molar-refractivity contribution in [2.24, 2.45) is 5.73 Å². The van der Waals surface area contributed by atoms with Gasteiger partial charge in [-0.05, 0) is 20.3 Å². The van der Waals surface area contributed by atoms with Gasteiger partial charge in [-0.3, -0.25) is 9.59 Å². The molecule has 0 unspecified atom stereocenters. The van der Waals surface area contributed by atoms with E-state index in [2.05, 4.69) is 0 Å². The summed E-state index contributed by atoms with van der Waals surface area (Å²) >= 11 is 0.